The van der Waals surface area contributed by atoms with Crippen LogP contribution in [0.4, 0.5) is 11.8 Å². The normalized spacial score (nSPS) is 17.7. The highest BCUT2D eigenvalue weighted by Crippen LogP contribution is 2.28. The Kier molecular flexibility index (Phi) is 4.93. The smallest absolute Gasteiger partial charge is 0.247 e. The zero-order chi connectivity index (χ0) is 16.9. The van der Waals surface area contributed by atoms with E-state index in [0.29, 0.717) is 25.0 Å². The second kappa shape index (κ2) is 7.29. The molecule has 1 atom stereocenters. The van der Waals surface area contributed by atoms with Gasteiger partial charge in [-0.3, -0.25) is 4.79 Å². The number of piperazine rings is 1. The summed E-state index contributed by atoms with van der Waals surface area (Å²) in [6, 6.07) is 11.3. The van der Waals surface area contributed by atoms with E-state index in [1.54, 1.807) is 6.20 Å². The fourth-order valence-electron chi connectivity index (χ4n) is 2.77. The molecule has 1 fully saturated rings. The zero-order valence-corrected chi connectivity index (χ0v) is 14.1. The number of nitrogens with one attached hydrogen (secondary N) is 2. The third-order valence-corrected chi connectivity index (χ3v) is 3.93. The maximum absolute atomic E-state index is 12.5. The lowest BCUT2D eigenvalue weighted by molar-refractivity contribution is -0.123. The number of carbonyl (C=O) groups excluding carboxylic acids is 1. The Balaban J connectivity index is 1.88. The molecule has 2 heterocycles. The highest BCUT2D eigenvalue weighted by Gasteiger charge is 2.32. The Morgan fingerprint density at radius 3 is 2.83 bits per heavy atom. The van der Waals surface area contributed by atoms with Crippen LogP contribution in [0.1, 0.15) is 25.5 Å². The SMILES string of the molecule is CC(C)CNc1nccc(N2CCNC(=O)C2c2ccccc2)n1. The topological polar surface area (TPSA) is 70.2 Å². The number of rotatable bonds is 5. The van der Waals surface area contributed by atoms with Crippen molar-refractivity contribution in [2.75, 3.05) is 29.9 Å². The molecular weight excluding hydrogens is 302 g/mol. The summed E-state index contributed by atoms with van der Waals surface area (Å²) in [4.78, 5) is 23.4. The van der Waals surface area contributed by atoms with E-state index in [4.69, 9.17) is 0 Å². The van der Waals surface area contributed by atoms with Crippen LogP contribution in [-0.4, -0.2) is 35.5 Å². The fourth-order valence-corrected chi connectivity index (χ4v) is 2.77. The van der Waals surface area contributed by atoms with Crippen LogP contribution in [0, 0.1) is 5.92 Å². The average Bonchev–Trinajstić information content (AvgIpc) is 2.61. The molecule has 2 N–H and O–H groups in total. The number of hydrogen-bond donors (Lipinski definition) is 2. The van der Waals surface area contributed by atoms with E-state index in [9.17, 15) is 4.79 Å². The lowest BCUT2D eigenvalue weighted by Gasteiger charge is -2.36. The van der Waals surface area contributed by atoms with Gasteiger partial charge in [0.1, 0.15) is 11.9 Å². The van der Waals surface area contributed by atoms with Gasteiger partial charge in [0.05, 0.1) is 0 Å². The van der Waals surface area contributed by atoms with Gasteiger partial charge in [-0.2, -0.15) is 4.98 Å². The molecule has 0 radical (unpaired) electrons. The number of aromatic nitrogens is 2. The van der Waals surface area contributed by atoms with Crippen LogP contribution < -0.4 is 15.5 Å². The molecule has 1 unspecified atom stereocenters. The summed E-state index contributed by atoms with van der Waals surface area (Å²) in [7, 11) is 0. The van der Waals surface area contributed by atoms with Gasteiger partial charge in [0.2, 0.25) is 11.9 Å². The summed E-state index contributed by atoms with van der Waals surface area (Å²) in [6.45, 7) is 6.41. The average molecular weight is 325 g/mol. The van der Waals surface area contributed by atoms with Gasteiger partial charge in [0.15, 0.2) is 0 Å². The molecule has 0 saturated carbocycles. The lowest BCUT2D eigenvalue weighted by atomic mass is 10.0. The molecule has 1 aromatic heterocycles. The number of nitrogens with zero attached hydrogens (tertiary/aromatic N) is 3. The van der Waals surface area contributed by atoms with E-state index in [1.165, 1.54) is 0 Å². The Morgan fingerprint density at radius 1 is 1.29 bits per heavy atom. The van der Waals surface area contributed by atoms with Crippen LogP contribution in [0.15, 0.2) is 42.6 Å². The van der Waals surface area contributed by atoms with Crippen LogP contribution in [0.2, 0.25) is 0 Å². The molecule has 6 heteroatoms. The summed E-state index contributed by atoms with van der Waals surface area (Å²) >= 11 is 0. The number of hydrogen-bond acceptors (Lipinski definition) is 5. The molecule has 24 heavy (non-hydrogen) atoms. The molecule has 2 aromatic rings. The van der Waals surface area contributed by atoms with E-state index < -0.39 is 0 Å². The van der Waals surface area contributed by atoms with E-state index in [1.807, 2.05) is 41.3 Å². The van der Waals surface area contributed by atoms with Crippen molar-refractivity contribution in [2.45, 2.75) is 19.9 Å². The van der Waals surface area contributed by atoms with Gasteiger partial charge in [-0.05, 0) is 17.5 Å². The van der Waals surface area contributed by atoms with Crippen LogP contribution in [0.3, 0.4) is 0 Å². The monoisotopic (exact) mass is 325 g/mol. The van der Waals surface area contributed by atoms with Crippen molar-refractivity contribution >= 4 is 17.7 Å². The predicted octanol–water partition coefficient (Wildman–Crippen LogP) is 2.22. The van der Waals surface area contributed by atoms with Crippen LogP contribution in [-0.2, 0) is 4.79 Å². The van der Waals surface area contributed by atoms with Crippen molar-refractivity contribution in [2.24, 2.45) is 5.92 Å². The minimum atomic E-state index is -0.368. The molecule has 126 valence electrons. The molecule has 1 aromatic carbocycles. The molecular formula is C18H23N5O. The Labute approximate surface area is 142 Å². The molecule has 0 bridgehead atoms. The van der Waals surface area contributed by atoms with Crippen molar-refractivity contribution in [3.8, 4) is 0 Å². The molecule has 0 spiro atoms. The second-order valence-electron chi connectivity index (χ2n) is 6.31. The minimum absolute atomic E-state index is 0.00255. The van der Waals surface area contributed by atoms with Gasteiger partial charge in [-0.15, -0.1) is 0 Å². The molecule has 0 aliphatic carbocycles. The first-order chi connectivity index (χ1) is 11.6. The van der Waals surface area contributed by atoms with Crippen molar-refractivity contribution in [3.05, 3.63) is 48.2 Å². The quantitative estimate of drug-likeness (QED) is 0.882. The molecule has 6 nitrogen and oxygen atoms in total. The van der Waals surface area contributed by atoms with Crippen LogP contribution in [0.25, 0.3) is 0 Å². The van der Waals surface area contributed by atoms with Crippen molar-refractivity contribution in [3.63, 3.8) is 0 Å². The number of amides is 1. The third-order valence-electron chi connectivity index (χ3n) is 3.93. The maximum atomic E-state index is 12.5. The standard InChI is InChI=1S/C18H23N5O/c1-13(2)12-21-18-20-9-8-15(22-18)23-11-10-19-17(24)16(23)14-6-4-3-5-7-14/h3-9,13,16H,10-12H2,1-2H3,(H,19,24)(H,20,21,22). The Bertz CT molecular complexity index is 689. The van der Waals surface area contributed by atoms with Gasteiger partial charge in [0, 0.05) is 25.8 Å². The van der Waals surface area contributed by atoms with E-state index >= 15 is 0 Å². The van der Waals surface area contributed by atoms with Crippen LogP contribution in [0.5, 0.6) is 0 Å². The zero-order valence-electron chi connectivity index (χ0n) is 14.1. The predicted molar refractivity (Wildman–Crippen MR) is 94.9 cm³/mol. The highest BCUT2D eigenvalue weighted by atomic mass is 16.2. The largest absolute Gasteiger partial charge is 0.354 e. The first-order valence-corrected chi connectivity index (χ1v) is 8.31. The van der Waals surface area contributed by atoms with Gasteiger partial charge in [-0.25, -0.2) is 4.98 Å². The fraction of sp³-hybridized carbons (Fsp3) is 0.389. The van der Waals surface area contributed by atoms with Crippen LogP contribution >= 0.6 is 0 Å². The molecule has 1 saturated heterocycles. The summed E-state index contributed by atoms with van der Waals surface area (Å²) in [5.74, 6) is 1.87. The lowest BCUT2D eigenvalue weighted by Crippen LogP contribution is -2.50. The van der Waals surface area contributed by atoms with Crippen molar-refractivity contribution in [1.82, 2.24) is 15.3 Å². The van der Waals surface area contributed by atoms with Gasteiger partial charge in [-0.1, -0.05) is 44.2 Å². The first kappa shape index (κ1) is 16.2. The van der Waals surface area contributed by atoms with Gasteiger partial charge < -0.3 is 15.5 Å². The van der Waals surface area contributed by atoms with Crippen molar-refractivity contribution < 1.29 is 4.79 Å². The van der Waals surface area contributed by atoms with Crippen molar-refractivity contribution in [1.29, 1.82) is 0 Å². The highest BCUT2D eigenvalue weighted by molar-refractivity contribution is 5.87. The summed E-state index contributed by atoms with van der Waals surface area (Å²) in [5, 5.41) is 6.19. The van der Waals surface area contributed by atoms with E-state index in [2.05, 4.69) is 34.4 Å². The molecule has 1 aliphatic heterocycles. The van der Waals surface area contributed by atoms with Gasteiger partial charge >= 0.3 is 0 Å². The van der Waals surface area contributed by atoms with E-state index in [0.717, 1.165) is 17.9 Å². The summed E-state index contributed by atoms with van der Waals surface area (Å²) < 4.78 is 0. The second-order valence-corrected chi connectivity index (χ2v) is 6.31. The third kappa shape index (κ3) is 3.64. The van der Waals surface area contributed by atoms with E-state index in [-0.39, 0.29) is 11.9 Å². The Hall–Kier alpha value is -2.63. The summed E-state index contributed by atoms with van der Waals surface area (Å²) in [5.41, 5.74) is 0.963. The number of benzene rings is 1. The summed E-state index contributed by atoms with van der Waals surface area (Å²) in [6.07, 6.45) is 1.74. The maximum Gasteiger partial charge on any atom is 0.247 e. The van der Waals surface area contributed by atoms with Gasteiger partial charge in [0.25, 0.3) is 0 Å². The Morgan fingerprint density at radius 2 is 2.08 bits per heavy atom. The number of carbonyl (C=O) groups is 1. The first-order valence-electron chi connectivity index (χ1n) is 8.31. The number of anilines is 2. The minimum Gasteiger partial charge on any atom is -0.354 e. The molecule has 1 amide bonds. The molecule has 3 rings (SSSR count). The molecule has 1 aliphatic rings.